The van der Waals surface area contributed by atoms with Crippen molar-refractivity contribution >= 4 is 27.5 Å². The maximum atomic E-state index is 14.2. The van der Waals surface area contributed by atoms with Crippen molar-refractivity contribution in [3.05, 3.63) is 95.6 Å². The molecule has 3 aromatic rings. The van der Waals surface area contributed by atoms with Crippen LogP contribution in [0.2, 0.25) is 0 Å². The molecule has 8 nitrogen and oxygen atoms in total. The molecule has 45 heavy (non-hydrogen) atoms. The number of hydrogen-bond acceptors (Lipinski definition) is 5. The van der Waals surface area contributed by atoms with Crippen LogP contribution in [0.5, 0.6) is 5.75 Å². The van der Waals surface area contributed by atoms with Crippen molar-refractivity contribution in [1.82, 2.24) is 10.2 Å². The third kappa shape index (κ3) is 9.82. The summed E-state index contributed by atoms with van der Waals surface area (Å²) in [6.07, 6.45) is 7.14. The predicted molar refractivity (Wildman–Crippen MR) is 180 cm³/mol. The molecule has 2 amide bonds. The highest BCUT2D eigenvalue weighted by Gasteiger charge is 2.32. The molecule has 0 bridgehead atoms. The van der Waals surface area contributed by atoms with Gasteiger partial charge in [0.2, 0.25) is 21.8 Å². The van der Waals surface area contributed by atoms with Crippen LogP contribution in [0.1, 0.15) is 68.6 Å². The molecule has 1 saturated carbocycles. The van der Waals surface area contributed by atoms with Crippen molar-refractivity contribution < 1.29 is 22.7 Å². The molecule has 0 unspecified atom stereocenters. The largest absolute Gasteiger partial charge is 0.492 e. The number of para-hydroxylation sites is 2. The fraction of sp³-hybridized carbons (Fsp3) is 0.444. The molecule has 1 atom stereocenters. The lowest BCUT2D eigenvalue weighted by atomic mass is 9.94. The number of nitrogens with one attached hydrogen (secondary N) is 1. The summed E-state index contributed by atoms with van der Waals surface area (Å²) in [7, 11) is -3.65. The summed E-state index contributed by atoms with van der Waals surface area (Å²) in [5, 5.41) is 3.27. The fourth-order valence-electron chi connectivity index (χ4n) is 5.99. The first-order valence-corrected chi connectivity index (χ1v) is 17.9. The number of benzene rings is 3. The van der Waals surface area contributed by atoms with E-state index in [4.69, 9.17) is 4.74 Å². The molecule has 9 heteroatoms. The fourth-order valence-corrected chi connectivity index (χ4v) is 6.96. The molecule has 0 aliphatic heterocycles. The molecule has 4 rings (SSSR count). The predicted octanol–water partition coefficient (Wildman–Crippen LogP) is 6.03. The SMILES string of the molecule is CCOc1ccccc1N(CCCC(=O)N(Cc1ccccc1C)[C@H](Cc1ccccc1)C(=O)NC1CCCCC1)S(C)(=O)=O. The summed E-state index contributed by atoms with van der Waals surface area (Å²) < 4.78 is 32.8. The first kappa shape index (κ1) is 34.0. The van der Waals surface area contributed by atoms with Crippen LogP contribution in [-0.4, -0.2) is 56.6 Å². The average molecular weight is 634 g/mol. The molecule has 1 fully saturated rings. The van der Waals surface area contributed by atoms with E-state index in [1.54, 1.807) is 29.2 Å². The number of carbonyl (C=O) groups excluding carboxylic acids is 2. The van der Waals surface area contributed by atoms with Crippen LogP contribution < -0.4 is 14.4 Å². The quantitative estimate of drug-likeness (QED) is 0.221. The van der Waals surface area contributed by atoms with Gasteiger partial charge in [0, 0.05) is 32.0 Å². The van der Waals surface area contributed by atoms with Gasteiger partial charge in [-0.15, -0.1) is 0 Å². The second kappa shape index (κ2) is 16.5. The van der Waals surface area contributed by atoms with E-state index in [0.29, 0.717) is 24.5 Å². The van der Waals surface area contributed by atoms with Crippen molar-refractivity contribution in [1.29, 1.82) is 0 Å². The lowest BCUT2D eigenvalue weighted by molar-refractivity contribution is -0.141. The van der Waals surface area contributed by atoms with Gasteiger partial charge in [-0.1, -0.05) is 86.0 Å². The Morgan fingerprint density at radius 1 is 0.933 bits per heavy atom. The van der Waals surface area contributed by atoms with Gasteiger partial charge >= 0.3 is 0 Å². The van der Waals surface area contributed by atoms with E-state index >= 15 is 0 Å². The number of rotatable bonds is 15. The smallest absolute Gasteiger partial charge is 0.243 e. The summed E-state index contributed by atoms with van der Waals surface area (Å²) in [6.45, 7) is 4.63. The Balaban J connectivity index is 1.60. The topological polar surface area (TPSA) is 96.0 Å². The van der Waals surface area contributed by atoms with E-state index in [1.165, 1.54) is 10.7 Å². The Hall–Kier alpha value is -3.85. The van der Waals surface area contributed by atoms with Crippen LogP contribution >= 0.6 is 0 Å². The van der Waals surface area contributed by atoms with E-state index in [0.717, 1.165) is 48.6 Å². The Bertz CT molecular complexity index is 1510. The summed E-state index contributed by atoms with van der Waals surface area (Å²) in [6, 6.07) is 24.1. The lowest BCUT2D eigenvalue weighted by Gasteiger charge is -2.34. The molecule has 1 N–H and O–H groups in total. The molecule has 0 aromatic heterocycles. The van der Waals surface area contributed by atoms with E-state index in [9.17, 15) is 18.0 Å². The number of sulfonamides is 1. The molecular weight excluding hydrogens is 586 g/mol. The summed E-state index contributed by atoms with van der Waals surface area (Å²) in [5.74, 6) is 0.140. The van der Waals surface area contributed by atoms with Crippen LogP contribution in [0.3, 0.4) is 0 Å². The molecular formula is C36H47N3O5S. The van der Waals surface area contributed by atoms with Gasteiger partial charge in [-0.05, 0) is 61.9 Å². The molecule has 3 aromatic carbocycles. The molecule has 0 heterocycles. The minimum Gasteiger partial charge on any atom is -0.492 e. The highest BCUT2D eigenvalue weighted by Crippen LogP contribution is 2.30. The first-order valence-electron chi connectivity index (χ1n) is 16.0. The standard InChI is InChI=1S/C36H47N3O5S/c1-4-44-34-23-14-13-22-32(34)39(45(3,42)43)25-15-24-35(40)38(27-30-19-12-11-16-28(30)2)33(26-29-17-7-5-8-18-29)36(41)37-31-20-9-6-10-21-31/h5,7-8,11-14,16-19,22-23,31,33H,4,6,9-10,15,20-21,24-27H2,1-3H3,(H,37,41)/t33-/m1/s1. The first-order chi connectivity index (χ1) is 21.7. The normalized spacial score (nSPS) is 14.4. The van der Waals surface area contributed by atoms with Crippen molar-refractivity contribution in [3.63, 3.8) is 0 Å². The van der Waals surface area contributed by atoms with Crippen LogP contribution in [0.4, 0.5) is 5.69 Å². The zero-order valence-electron chi connectivity index (χ0n) is 26.8. The zero-order chi connectivity index (χ0) is 32.2. The molecule has 242 valence electrons. The van der Waals surface area contributed by atoms with Gasteiger partial charge in [-0.25, -0.2) is 8.42 Å². The minimum absolute atomic E-state index is 0.0801. The number of ether oxygens (including phenoxy) is 1. The number of anilines is 1. The van der Waals surface area contributed by atoms with Crippen LogP contribution in [0.15, 0.2) is 78.9 Å². The number of carbonyl (C=O) groups is 2. The lowest BCUT2D eigenvalue weighted by Crippen LogP contribution is -2.53. The number of amides is 2. The zero-order valence-corrected chi connectivity index (χ0v) is 27.6. The van der Waals surface area contributed by atoms with Crippen molar-refractivity contribution in [2.75, 3.05) is 23.7 Å². The van der Waals surface area contributed by atoms with E-state index < -0.39 is 16.1 Å². The highest BCUT2D eigenvalue weighted by molar-refractivity contribution is 7.92. The van der Waals surface area contributed by atoms with Crippen molar-refractivity contribution in [3.8, 4) is 5.75 Å². The third-order valence-corrected chi connectivity index (χ3v) is 9.59. The van der Waals surface area contributed by atoms with Crippen LogP contribution in [0, 0.1) is 6.92 Å². The molecule has 0 saturated heterocycles. The van der Waals surface area contributed by atoms with Gasteiger partial charge in [-0.2, -0.15) is 0 Å². The Labute approximate surface area is 268 Å². The summed E-state index contributed by atoms with van der Waals surface area (Å²) >= 11 is 0. The van der Waals surface area contributed by atoms with Gasteiger partial charge in [-0.3, -0.25) is 13.9 Å². The Kier molecular flexibility index (Phi) is 12.4. The molecule has 0 spiro atoms. The van der Waals surface area contributed by atoms with Crippen LogP contribution in [0.25, 0.3) is 0 Å². The maximum absolute atomic E-state index is 14.2. The summed E-state index contributed by atoms with van der Waals surface area (Å²) in [5.41, 5.74) is 3.43. The van der Waals surface area contributed by atoms with Gasteiger partial charge in [0.15, 0.2) is 0 Å². The maximum Gasteiger partial charge on any atom is 0.243 e. The number of nitrogens with zero attached hydrogens (tertiary/aromatic N) is 2. The Morgan fingerprint density at radius 2 is 1.60 bits per heavy atom. The monoisotopic (exact) mass is 633 g/mol. The second-order valence-corrected chi connectivity index (χ2v) is 13.7. The molecule has 1 aliphatic rings. The average Bonchev–Trinajstić information content (AvgIpc) is 3.03. The van der Waals surface area contributed by atoms with Crippen LogP contribution in [-0.2, 0) is 32.6 Å². The van der Waals surface area contributed by atoms with Crippen molar-refractivity contribution in [2.24, 2.45) is 0 Å². The highest BCUT2D eigenvalue weighted by atomic mass is 32.2. The Morgan fingerprint density at radius 3 is 2.29 bits per heavy atom. The van der Waals surface area contributed by atoms with Gasteiger partial charge in [0.1, 0.15) is 11.8 Å². The van der Waals surface area contributed by atoms with Gasteiger partial charge < -0.3 is 15.0 Å². The number of aryl methyl sites for hydroxylation is 1. The van der Waals surface area contributed by atoms with Crippen molar-refractivity contribution in [2.45, 2.75) is 83.8 Å². The van der Waals surface area contributed by atoms with Gasteiger partial charge in [0.05, 0.1) is 18.6 Å². The van der Waals surface area contributed by atoms with E-state index in [-0.39, 0.29) is 43.8 Å². The molecule has 1 aliphatic carbocycles. The van der Waals surface area contributed by atoms with E-state index in [2.05, 4.69) is 5.32 Å². The minimum atomic E-state index is -3.65. The molecule has 0 radical (unpaired) electrons. The van der Waals surface area contributed by atoms with Gasteiger partial charge in [0.25, 0.3) is 0 Å². The van der Waals surface area contributed by atoms with E-state index in [1.807, 2.05) is 68.4 Å². The number of hydrogen-bond donors (Lipinski definition) is 1. The summed E-state index contributed by atoms with van der Waals surface area (Å²) in [4.78, 5) is 29.9. The second-order valence-electron chi connectivity index (χ2n) is 11.8. The third-order valence-electron chi connectivity index (χ3n) is 8.41.